The highest BCUT2D eigenvalue weighted by Crippen LogP contribution is 2.26. The van der Waals surface area contributed by atoms with Gasteiger partial charge in [-0.25, -0.2) is 8.42 Å². The molecule has 3 rings (SSSR count). The molecule has 0 spiro atoms. The number of hydrogen-bond donors (Lipinski definition) is 1. The molecule has 172 valence electrons. The molecule has 0 unspecified atom stereocenters. The normalized spacial score (nSPS) is 17.0. The van der Waals surface area contributed by atoms with Gasteiger partial charge in [0, 0.05) is 18.7 Å². The fourth-order valence-corrected chi connectivity index (χ4v) is 4.88. The van der Waals surface area contributed by atoms with E-state index in [2.05, 4.69) is 21.6 Å². The van der Waals surface area contributed by atoms with E-state index in [0.717, 1.165) is 11.8 Å². The van der Waals surface area contributed by atoms with Crippen LogP contribution in [0.2, 0.25) is 0 Å². The maximum Gasteiger partial charge on any atom is 0.277 e. The van der Waals surface area contributed by atoms with E-state index in [-0.39, 0.29) is 33.6 Å². The van der Waals surface area contributed by atoms with Crippen molar-refractivity contribution in [2.75, 3.05) is 32.1 Å². The lowest BCUT2D eigenvalue weighted by molar-refractivity contribution is -0.120. The summed E-state index contributed by atoms with van der Waals surface area (Å²) >= 11 is 1.04. The third-order valence-corrected chi connectivity index (χ3v) is 7.92. The smallest absolute Gasteiger partial charge is 0.277 e. The number of sulfonamides is 1. The third kappa shape index (κ3) is 5.47. The Morgan fingerprint density at radius 3 is 2.72 bits per heavy atom. The molecule has 1 N–H and O–H groups in total. The lowest BCUT2D eigenvalue weighted by Crippen LogP contribution is -2.49. The number of thioether (sulfide) groups is 1. The second-order valence-corrected chi connectivity index (χ2v) is 10.6. The second kappa shape index (κ2) is 9.99. The van der Waals surface area contributed by atoms with Crippen molar-refractivity contribution < 1.29 is 22.4 Å². The minimum absolute atomic E-state index is 0.00290. The summed E-state index contributed by atoms with van der Waals surface area (Å²) in [6.07, 6.45) is 0. The molecule has 0 bridgehead atoms. The van der Waals surface area contributed by atoms with Gasteiger partial charge in [-0.15, -0.1) is 10.2 Å². The van der Waals surface area contributed by atoms with E-state index in [1.165, 1.54) is 16.4 Å². The Morgan fingerprint density at radius 2 is 2.06 bits per heavy atom. The zero-order chi connectivity index (χ0) is 23.4. The first kappa shape index (κ1) is 24.2. The van der Waals surface area contributed by atoms with Gasteiger partial charge in [0.15, 0.2) is 0 Å². The average molecular weight is 480 g/mol. The molecule has 0 radical (unpaired) electrons. The molecule has 12 heteroatoms. The number of benzene rings is 1. The number of carbonyl (C=O) groups excluding carboxylic acids is 1. The van der Waals surface area contributed by atoms with Crippen LogP contribution in [0.25, 0.3) is 11.5 Å². The van der Waals surface area contributed by atoms with Crippen LogP contribution < -0.4 is 5.32 Å². The molecule has 32 heavy (non-hydrogen) atoms. The fourth-order valence-electron chi connectivity index (χ4n) is 2.86. The van der Waals surface area contributed by atoms with Crippen molar-refractivity contribution in [1.29, 1.82) is 5.26 Å². The molecule has 1 aliphatic rings. The van der Waals surface area contributed by atoms with Gasteiger partial charge in [0.25, 0.3) is 5.22 Å². The Bertz CT molecular complexity index is 1110. The van der Waals surface area contributed by atoms with Crippen LogP contribution >= 0.6 is 11.8 Å². The number of carbonyl (C=O) groups is 1. The zero-order valence-electron chi connectivity index (χ0n) is 18.1. The lowest BCUT2D eigenvalue weighted by Gasteiger charge is -2.27. The molecule has 1 atom stereocenters. The summed E-state index contributed by atoms with van der Waals surface area (Å²) in [7, 11) is -3.66. The summed E-state index contributed by atoms with van der Waals surface area (Å²) in [5, 5.41) is 20.1. The van der Waals surface area contributed by atoms with Crippen molar-refractivity contribution in [1.82, 2.24) is 19.8 Å². The molecular formula is C20H25N5O5S2. The minimum Gasteiger partial charge on any atom is -0.411 e. The predicted molar refractivity (Wildman–Crippen MR) is 117 cm³/mol. The Morgan fingerprint density at radius 1 is 1.34 bits per heavy atom. The van der Waals surface area contributed by atoms with E-state index >= 15 is 0 Å². The molecular weight excluding hydrogens is 454 g/mol. The number of aromatic nitrogens is 2. The molecule has 1 amide bonds. The molecule has 1 aromatic carbocycles. The van der Waals surface area contributed by atoms with E-state index in [9.17, 15) is 18.5 Å². The summed E-state index contributed by atoms with van der Waals surface area (Å²) in [4.78, 5) is 12.4. The minimum atomic E-state index is -3.66. The highest BCUT2D eigenvalue weighted by Gasteiger charge is 2.30. The Labute approximate surface area is 191 Å². The first-order valence-electron chi connectivity index (χ1n) is 10.0. The van der Waals surface area contributed by atoms with Crippen LogP contribution in [-0.2, 0) is 19.6 Å². The van der Waals surface area contributed by atoms with Gasteiger partial charge in [0.05, 0.1) is 29.9 Å². The van der Waals surface area contributed by atoms with E-state index in [4.69, 9.17) is 9.15 Å². The quantitative estimate of drug-likeness (QED) is 0.562. The SMILES string of the molecule is CC(C)[C@@](C)(C#N)NC(=O)CSc1nnc(-c2cccc(S(=O)(=O)N3CCOCC3)c2)o1. The first-order valence-corrected chi connectivity index (χ1v) is 12.4. The van der Waals surface area contributed by atoms with Gasteiger partial charge in [-0.3, -0.25) is 4.79 Å². The number of ether oxygens (including phenoxy) is 1. The molecule has 1 fully saturated rings. The van der Waals surface area contributed by atoms with Crippen LogP contribution in [0.5, 0.6) is 0 Å². The van der Waals surface area contributed by atoms with Crippen molar-refractivity contribution in [3.8, 4) is 17.5 Å². The van der Waals surface area contributed by atoms with Crippen molar-refractivity contribution in [3.05, 3.63) is 24.3 Å². The fraction of sp³-hybridized carbons (Fsp3) is 0.500. The predicted octanol–water partition coefficient (Wildman–Crippen LogP) is 1.90. The van der Waals surface area contributed by atoms with Crippen molar-refractivity contribution in [3.63, 3.8) is 0 Å². The van der Waals surface area contributed by atoms with Crippen LogP contribution in [-0.4, -0.2) is 66.4 Å². The number of amides is 1. The molecule has 2 heterocycles. The highest BCUT2D eigenvalue weighted by molar-refractivity contribution is 7.99. The largest absolute Gasteiger partial charge is 0.411 e. The molecule has 1 aliphatic heterocycles. The van der Waals surface area contributed by atoms with Crippen molar-refractivity contribution in [2.24, 2.45) is 5.92 Å². The van der Waals surface area contributed by atoms with Crippen LogP contribution in [0.3, 0.4) is 0 Å². The number of hydrogen-bond acceptors (Lipinski definition) is 9. The maximum atomic E-state index is 12.9. The first-order chi connectivity index (χ1) is 15.2. The van der Waals surface area contributed by atoms with Crippen molar-refractivity contribution >= 4 is 27.7 Å². The van der Waals surface area contributed by atoms with Gasteiger partial charge in [-0.05, 0) is 31.0 Å². The average Bonchev–Trinajstić information content (AvgIpc) is 3.27. The van der Waals surface area contributed by atoms with Gasteiger partial charge in [0.2, 0.25) is 21.8 Å². The Kier molecular flexibility index (Phi) is 7.55. The van der Waals surface area contributed by atoms with Crippen LogP contribution in [0.1, 0.15) is 20.8 Å². The van der Waals surface area contributed by atoms with Gasteiger partial charge in [-0.2, -0.15) is 9.57 Å². The maximum absolute atomic E-state index is 12.9. The van der Waals surface area contributed by atoms with E-state index in [1.54, 1.807) is 19.1 Å². The molecule has 1 aromatic heterocycles. The topological polar surface area (TPSA) is 138 Å². The van der Waals surface area contributed by atoms with E-state index < -0.39 is 15.6 Å². The van der Waals surface area contributed by atoms with Gasteiger partial charge >= 0.3 is 0 Å². The van der Waals surface area contributed by atoms with E-state index in [0.29, 0.717) is 31.9 Å². The molecule has 0 aliphatic carbocycles. The monoisotopic (exact) mass is 479 g/mol. The van der Waals surface area contributed by atoms with E-state index in [1.807, 2.05) is 13.8 Å². The standard InChI is InChI=1S/C20H25N5O5S2/c1-14(2)20(3,13-21)22-17(26)12-31-19-24-23-18(30-19)15-5-4-6-16(11-15)32(27,28)25-7-9-29-10-8-25/h4-6,11,14H,7-10,12H2,1-3H3,(H,22,26)/t20-/m1/s1. The van der Waals surface area contributed by atoms with Crippen LogP contribution in [0.15, 0.2) is 38.8 Å². The number of morpholine rings is 1. The summed E-state index contributed by atoms with van der Waals surface area (Å²) < 4.78 is 38.0. The highest BCUT2D eigenvalue weighted by atomic mass is 32.2. The summed E-state index contributed by atoms with van der Waals surface area (Å²) in [6.45, 7) is 6.71. The van der Waals surface area contributed by atoms with Crippen molar-refractivity contribution in [2.45, 2.75) is 36.4 Å². The zero-order valence-corrected chi connectivity index (χ0v) is 19.7. The number of nitrogens with one attached hydrogen (secondary N) is 1. The molecule has 1 saturated heterocycles. The summed E-state index contributed by atoms with van der Waals surface area (Å²) in [6, 6.07) is 8.41. The number of nitriles is 1. The van der Waals surface area contributed by atoms with Gasteiger partial charge in [0.1, 0.15) is 5.54 Å². The molecule has 10 nitrogen and oxygen atoms in total. The van der Waals surface area contributed by atoms with Crippen LogP contribution in [0.4, 0.5) is 0 Å². The molecule has 2 aromatic rings. The summed E-state index contributed by atoms with van der Waals surface area (Å²) in [5.41, 5.74) is -0.510. The summed E-state index contributed by atoms with van der Waals surface area (Å²) in [5.74, 6) is -0.239. The Hall–Kier alpha value is -2.46. The van der Waals surface area contributed by atoms with Gasteiger partial charge in [-0.1, -0.05) is 31.7 Å². The van der Waals surface area contributed by atoms with Gasteiger partial charge < -0.3 is 14.5 Å². The third-order valence-electron chi connectivity index (χ3n) is 5.21. The van der Waals surface area contributed by atoms with Crippen LogP contribution in [0, 0.1) is 17.2 Å². The molecule has 0 saturated carbocycles. The Balaban J connectivity index is 1.68. The number of rotatable bonds is 8. The number of nitrogens with zero attached hydrogens (tertiary/aromatic N) is 4. The lowest BCUT2D eigenvalue weighted by atomic mass is 9.90. The second-order valence-electron chi connectivity index (χ2n) is 7.72.